The number of ether oxygens (including phenoxy) is 5. The van der Waals surface area contributed by atoms with Crippen LogP contribution in [0.2, 0.25) is 0 Å². The Bertz CT molecular complexity index is 660. The highest BCUT2D eigenvalue weighted by Gasteiger charge is 2.50. The first-order valence-electron chi connectivity index (χ1n) is 8.47. The predicted octanol–water partition coefficient (Wildman–Crippen LogP) is 2.30. The zero-order valence-electron chi connectivity index (χ0n) is 14.8. The molecule has 0 radical (unpaired) electrons. The van der Waals surface area contributed by atoms with Crippen molar-refractivity contribution in [2.75, 3.05) is 20.3 Å². The van der Waals surface area contributed by atoms with E-state index in [2.05, 4.69) is 5.32 Å². The summed E-state index contributed by atoms with van der Waals surface area (Å²) >= 11 is 16.7. The van der Waals surface area contributed by atoms with Crippen molar-refractivity contribution in [1.29, 1.82) is 0 Å². The molecule has 2 fully saturated rings. The smallest absolute Gasteiger partial charge is 0.407 e. The lowest BCUT2D eigenvalue weighted by Crippen LogP contribution is -2.66. The summed E-state index contributed by atoms with van der Waals surface area (Å²) in [6, 6.07) is 8.32. The Balaban J connectivity index is 1.67. The number of aliphatic hydroxyl groups is 1. The Labute approximate surface area is 176 Å². The summed E-state index contributed by atoms with van der Waals surface area (Å²) in [6.45, 7) is -0.275. The van der Waals surface area contributed by atoms with Crippen LogP contribution in [0.1, 0.15) is 11.9 Å². The van der Waals surface area contributed by atoms with E-state index in [1.54, 1.807) is 0 Å². The first-order chi connectivity index (χ1) is 13.3. The predicted molar refractivity (Wildman–Crippen MR) is 100 cm³/mol. The molecular weight excluding hydrogens is 437 g/mol. The molecule has 1 aromatic rings. The SMILES string of the molecule is CO[C@H]1OC2COC(c3ccccc3)O[C@H]2C(O)C1NC(=O)OCC(Cl)(Cl)Cl. The number of rotatable bonds is 4. The number of fused-ring (bicyclic) bond motifs is 1. The minimum atomic E-state index is -1.75. The van der Waals surface area contributed by atoms with Crippen LogP contribution >= 0.6 is 34.8 Å². The Hall–Kier alpha value is -0.840. The lowest BCUT2D eigenvalue weighted by molar-refractivity contribution is -0.341. The fourth-order valence-electron chi connectivity index (χ4n) is 3.05. The normalized spacial score (nSPS) is 33.0. The van der Waals surface area contributed by atoms with Crippen molar-refractivity contribution in [3.05, 3.63) is 35.9 Å². The van der Waals surface area contributed by atoms with Gasteiger partial charge in [0.05, 0.1) is 6.61 Å². The van der Waals surface area contributed by atoms with Crippen LogP contribution in [-0.2, 0) is 23.7 Å². The third-order valence-corrected chi connectivity index (χ3v) is 4.65. The van der Waals surface area contributed by atoms with Gasteiger partial charge in [-0.05, 0) is 0 Å². The minimum Gasteiger partial charge on any atom is -0.445 e. The fourth-order valence-corrected chi connectivity index (χ4v) is 3.22. The molecule has 2 saturated heterocycles. The Morgan fingerprint density at radius 2 is 2.00 bits per heavy atom. The topological polar surface area (TPSA) is 95.5 Å². The van der Waals surface area contributed by atoms with E-state index in [0.717, 1.165) is 5.56 Å². The Morgan fingerprint density at radius 3 is 2.64 bits per heavy atom. The fraction of sp³-hybridized carbons (Fsp3) is 0.588. The summed E-state index contributed by atoms with van der Waals surface area (Å²) in [5, 5.41) is 13.3. The van der Waals surface area contributed by atoms with Crippen LogP contribution in [-0.4, -0.2) is 66.0 Å². The van der Waals surface area contributed by atoms with E-state index >= 15 is 0 Å². The van der Waals surface area contributed by atoms with E-state index < -0.39 is 53.4 Å². The van der Waals surface area contributed by atoms with Crippen molar-refractivity contribution in [2.24, 2.45) is 0 Å². The number of amides is 1. The quantitative estimate of drug-likeness (QED) is 0.671. The number of carbonyl (C=O) groups excluding carboxylic acids is 1. The van der Waals surface area contributed by atoms with Gasteiger partial charge in [0.25, 0.3) is 0 Å². The maximum Gasteiger partial charge on any atom is 0.407 e. The van der Waals surface area contributed by atoms with E-state index in [1.165, 1.54) is 7.11 Å². The molecule has 3 rings (SSSR count). The van der Waals surface area contributed by atoms with Crippen LogP contribution in [0.15, 0.2) is 30.3 Å². The monoisotopic (exact) mass is 455 g/mol. The zero-order valence-corrected chi connectivity index (χ0v) is 17.1. The molecule has 6 atom stereocenters. The highest BCUT2D eigenvalue weighted by molar-refractivity contribution is 6.67. The van der Waals surface area contributed by atoms with Gasteiger partial charge in [0.2, 0.25) is 3.79 Å². The molecular formula is C17H20Cl3NO7. The minimum absolute atomic E-state index is 0.186. The average molecular weight is 457 g/mol. The van der Waals surface area contributed by atoms with Gasteiger partial charge in [-0.15, -0.1) is 0 Å². The van der Waals surface area contributed by atoms with Crippen molar-refractivity contribution >= 4 is 40.9 Å². The summed E-state index contributed by atoms with van der Waals surface area (Å²) in [5.41, 5.74) is 0.800. The van der Waals surface area contributed by atoms with Gasteiger partial charge in [-0.2, -0.15) is 0 Å². The van der Waals surface area contributed by atoms with Gasteiger partial charge in [-0.3, -0.25) is 0 Å². The second-order valence-electron chi connectivity index (χ2n) is 6.31. The first kappa shape index (κ1) is 21.9. The third kappa shape index (κ3) is 5.40. The molecule has 2 N–H and O–H groups in total. The Kier molecular flexibility index (Phi) is 7.27. The van der Waals surface area contributed by atoms with Crippen LogP contribution in [0.4, 0.5) is 4.79 Å². The lowest BCUT2D eigenvalue weighted by atomic mass is 9.96. The van der Waals surface area contributed by atoms with E-state index in [4.69, 9.17) is 58.5 Å². The zero-order chi connectivity index (χ0) is 20.3. The van der Waals surface area contributed by atoms with Crippen molar-refractivity contribution in [3.63, 3.8) is 0 Å². The molecule has 11 heteroatoms. The molecule has 0 aromatic heterocycles. The van der Waals surface area contributed by atoms with E-state index in [-0.39, 0.29) is 6.61 Å². The summed E-state index contributed by atoms with van der Waals surface area (Å²) < 4.78 is 25.7. The summed E-state index contributed by atoms with van der Waals surface area (Å²) in [7, 11) is 1.39. The summed E-state index contributed by atoms with van der Waals surface area (Å²) in [4.78, 5) is 12.0. The molecule has 1 amide bonds. The first-order valence-corrected chi connectivity index (χ1v) is 9.60. The van der Waals surface area contributed by atoms with Gasteiger partial charge < -0.3 is 34.1 Å². The lowest BCUT2D eigenvalue weighted by Gasteiger charge is -2.47. The molecule has 28 heavy (non-hydrogen) atoms. The van der Waals surface area contributed by atoms with Crippen molar-refractivity contribution in [3.8, 4) is 0 Å². The van der Waals surface area contributed by atoms with Crippen molar-refractivity contribution < 1.29 is 33.6 Å². The number of carbonyl (C=O) groups is 1. The number of nitrogens with one attached hydrogen (secondary N) is 1. The van der Waals surface area contributed by atoms with Crippen molar-refractivity contribution in [1.82, 2.24) is 5.32 Å². The number of hydrogen-bond donors (Lipinski definition) is 2. The number of methoxy groups -OCH3 is 1. The van der Waals surface area contributed by atoms with Crippen LogP contribution < -0.4 is 5.32 Å². The third-order valence-electron chi connectivity index (χ3n) is 4.32. The molecule has 0 spiro atoms. The van der Waals surface area contributed by atoms with Gasteiger partial charge in [-0.25, -0.2) is 4.79 Å². The number of hydrogen-bond acceptors (Lipinski definition) is 7. The molecule has 156 valence electrons. The second-order valence-corrected chi connectivity index (χ2v) is 8.82. The number of benzene rings is 1. The molecule has 0 saturated carbocycles. The van der Waals surface area contributed by atoms with Gasteiger partial charge in [-0.1, -0.05) is 65.1 Å². The van der Waals surface area contributed by atoms with Crippen LogP contribution in [0.5, 0.6) is 0 Å². The van der Waals surface area contributed by atoms with E-state index in [9.17, 15) is 9.90 Å². The molecule has 2 aliphatic rings. The van der Waals surface area contributed by atoms with E-state index in [1.807, 2.05) is 30.3 Å². The van der Waals surface area contributed by atoms with Crippen LogP contribution in [0.3, 0.4) is 0 Å². The second kappa shape index (κ2) is 9.32. The Morgan fingerprint density at radius 1 is 1.29 bits per heavy atom. The average Bonchev–Trinajstić information content (AvgIpc) is 2.68. The molecule has 1 aromatic carbocycles. The largest absolute Gasteiger partial charge is 0.445 e. The van der Waals surface area contributed by atoms with E-state index in [0.29, 0.717) is 0 Å². The molecule has 8 nitrogen and oxygen atoms in total. The number of alkyl carbamates (subject to hydrolysis) is 1. The molecule has 4 unspecified atom stereocenters. The molecule has 2 heterocycles. The summed E-state index contributed by atoms with van der Waals surface area (Å²) in [5.74, 6) is 0. The maximum atomic E-state index is 12.0. The van der Waals surface area contributed by atoms with Crippen LogP contribution in [0, 0.1) is 0 Å². The number of halogens is 3. The summed E-state index contributed by atoms with van der Waals surface area (Å²) in [6.07, 6.45) is -5.00. The highest BCUT2D eigenvalue weighted by Crippen LogP contribution is 2.34. The van der Waals surface area contributed by atoms with Gasteiger partial charge in [0.1, 0.15) is 31.0 Å². The van der Waals surface area contributed by atoms with Crippen LogP contribution in [0.25, 0.3) is 0 Å². The van der Waals surface area contributed by atoms with Gasteiger partial charge in [0, 0.05) is 12.7 Å². The number of alkyl halides is 3. The number of aliphatic hydroxyl groups excluding tert-OH is 1. The highest BCUT2D eigenvalue weighted by atomic mass is 35.6. The molecule has 2 aliphatic heterocycles. The maximum absolute atomic E-state index is 12.0. The molecule has 0 bridgehead atoms. The van der Waals surface area contributed by atoms with Crippen molar-refractivity contribution in [2.45, 2.75) is 40.7 Å². The standard InChI is InChI=1S/C17H20Cl3NO7/c1-24-15-11(21-16(23)26-8-17(18,19)20)12(22)13-10(27-15)7-25-14(28-13)9-5-3-2-4-6-9/h2-6,10-15,22H,7-8H2,1H3,(H,21,23)/t10?,11?,12?,13-,14?,15+/m1/s1. The molecule has 0 aliphatic carbocycles. The van der Waals surface area contributed by atoms with Gasteiger partial charge >= 0.3 is 6.09 Å². The van der Waals surface area contributed by atoms with Gasteiger partial charge in [0.15, 0.2) is 12.6 Å².